The van der Waals surface area contributed by atoms with Crippen LogP contribution in [-0.4, -0.2) is 46.9 Å². The highest BCUT2D eigenvalue weighted by molar-refractivity contribution is 6.07. The SMILES string of the molecule is CC(C)N1C[C@@H](C)[C@H](CNCc2ccc(Oc3ccccc3)cc2)Oc2c(NC(=O)c3ccncc3)cccc2C1=O. The normalized spacial score (nSPS) is 16.7. The van der Waals surface area contributed by atoms with Crippen molar-refractivity contribution in [2.45, 2.75) is 39.5 Å². The molecule has 0 radical (unpaired) electrons. The lowest BCUT2D eigenvalue weighted by Gasteiger charge is -2.37. The van der Waals surface area contributed by atoms with Gasteiger partial charge in [-0.2, -0.15) is 0 Å². The van der Waals surface area contributed by atoms with Gasteiger partial charge < -0.3 is 25.0 Å². The molecule has 42 heavy (non-hydrogen) atoms. The van der Waals surface area contributed by atoms with Crippen molar-refractivity contribution in [1.82, 2.24) is 15.2 Å². The van der Waals surface area contributed by atoms with Crippen LogP contribution in [0.15, 0.2) is 97.3 Å². The minimum atomic E-state index is -0.299. The van der Waals surface area contributed by atoms with Crippen molar-refractivity contribution in [2.24, 2.45) is 5.92 Å². The number of carbonyl (C=O) groups is 2. The summed E-state index contributed by atoms with van der Waals surface area (Å²) < 4.78 is 12.5. The van der Waals surface area contributed by atoms with Crippen LogP contribution in [0.5, 0.6) is 17.2 Å². The summed E-state index contributed by atoms with van der Waals surface area (Å²) in [5, 5.41) is 6.47. The van der Waals surface area contributed by atoms with Gasteiger partial charge >= 0.3 is 0 Å². The molecule has 0 aliphatic carbocycles. The summed E-state index contributed by atoms with van der Waals surface area (Å²) in [5.41, 5.74) is 2.47. The number of amides is 2. The van der Waals surface area contributed by atoms with E-state index in [1.54, 1.807) is 42.7 Å². The van der Waals surface area contributed by atoms with Gasteiger partial charge in [-0.05, 0) is 67.9 Å². The zero-order valence-electron chi connectivity index (χ0n) is 24.1. The largest absolute Gasteiger partial charge is 0.486 e. The first-order chi connectivity index (χ1) is 20.4. The van der Waals surface area contributed by atoms with Gasteiger partial charge in [-0.25, -0.2) is 0 Å². The number of nitrogens with zero attached hydrogens (tertiary/aromatic N) is 2. The van der Waals surface area contributed by atoms with Crippen LogP contribution in [0.3, 0.4) is 0 Å². The monoisotopic (exact) mass is 564 g/mol. The number of anilines is 1. The highest BCUT2D eigenvalue weighted by Crippen LogP contribution is 2.35. The summed E-state index contributed by atoms with van der Waals surface area (Å²) in [6.07, 6.45) is 2.88. The Bertz CT molecular complexity index is 1490. The van der Waals surface area contributed by atoms with Crippen molar-refractivity contribution in [3.8, 4) is 17.2 Å². The van der Waals surface area contributed by atoms with Crippen molar-refractivity contribution < 1.29 is 19.1 Å². The number of ether oxygens (including phenoxy) is 2. The maximum atomic E-state index is 13.6. The number of aromatic nitrogens is 1. The van der Waals surface area contributed by atoms with Gasteiger partial charge in [0.05, 0.1) is 11.3 Å². The molecule has 0 bridgehead atoms. The molecule has 0 fully saturated rings. The molecule has 4 aromatic rings. The van der Waals surface area contributed by atoms with Crippen molar-refractivity contribution in [3.63, 3.8) is 0 Å². The fraction of sp³-hybridized carbons (Fsp3) is 0.265. The van der Waals surface area contributed by atoms with Gasteiger partial charge in [0.25, 0.3) is 11.8 Å². The Hall–Kier alpha value is -4.69. The zero-order valence-corrected chi connectivity index (χ0v) is 24.1. The highest BCUT2D eigenvalue weighted by Gasteiger charge is 2.33. The average Bonchev–Trinajstić information content (AvgIpc) is 3.00. The van der Waals surface area contributed by atoms with Crippen LogP contribution in [0.1, 0.15) is 47.1 Å². The molecule has 216 valence electrons. The van der Waals surface area contributed by atoms with E-state index in [1.165, 1.54) is 0 Å². The van der Waals surface area contributed by atoms with Crippen molar-refractivity contribution in [1.29, 1.82) is 0 Å². The van der Waals surface area contributed by atoms with Crippen molar-refractivity contribution in [3.05, 3.63) is 114 Å². The van der Waals surface area contributed by atoms with Gasteiger partial charge in [0, 0.05) is 49.6 Å². The van der Waals surface area contributed by atoms with Gasteiger partial charge in [-0.3, -0.25) is 14.6 Å². The quantitative estimate of drug-likeness (QED) is 0.253. The average molecular weight is 565 g/mol. The van der Waals surface area contributed by atoms with E-state index >= 15 is 0 Å². The summed E-state index contributed by atoms with van der Waals surface area (Å²) in [4.78, 5) is 32.5. The summed E-state index contributed by atoms with van der Waals surface area (Å²) in [7, 11) is 0. The van der Waals surface area contributed by atoms with Crippen LogP contribution in [0.4, 0.5) is 5.69 Å². The molecule has 1 aliphatic heterocycles. The molecule has 8 heteroatoms. The Morgan fingerprint density at radius 3 is 2.40 bits per heavy atom. The summed E-state index contributed by atoms with van der Waals surface area (Å²) >= 11 is 0. The number of hydrogen-bond donors (Lipinski definition) is 2. The molecule has 5 rings (SSSR count). The number of rotatable bonds is 9. The van der Waals surface area contributed by atoms with Gasteiger partial charge in [-0.1, -0.05) is 43.3 Å². The zero-order chi connectivity index (χ0) is 29.5. The van der Waals surface area contributed by atoms with E-state index < -0.39 is 0 Å². The highest BCUT2D eigenvalue weighted by atomic mass is 16.5. The van der Waals surface area contributed by atoms with Crippen molar-refractivity contribution in [2.75, 3.05) is 18.4 Å². The Kier molecular flexibility index (Phi) is 9.14. The predicted octanol–water partition coefficient (Wildman–Crippen LogP) is 6.16. The smallest absolute Gasteiger partial charge is 0.257 e. The van der Waals surface area contributed by atoms with E-state index in [0.29, 0.717) is 42.2 Å². The number of para-hydroxylation sites is 2. The Morgan fingerprint density at radius 2 is 1.69 bits per heavy atom. The molecule has 1 aromatic heterocycles. The molecule has 2 amide bonds. The number of carbonyl (C=O) groups excluding carboxylic acids is 2. The number of hydrogen-bond acceptors (Lipinski definition) is 6. The molecule has 0 unspecified atom stereocenters. The molecule has 2 atom stereocenters. The number of fused-ring (bicyclic) bond motifs is 1. The van der Waals surface area contributed by atoms with Crippen LogP contribution < -0.4 is 20.1 Å². The van der Waals surface area contributed by atoms with Gasteiger partial charge in [0.1, 0.15) is 17.6 Å². The molecule has 0 spiro atoms. The summed E-state index contributed by atoms with van der Waals surface area (Å²) in [6.45, 7) is 7.86. The van der Waals surface area contributed by atoms with Gasteiger partial charge in [-0.15, -0.1) is 0 Å². The van der Waals surface area contributed by atoms with E-state index in [2.05, 4.69) is 22.5 Å². The molecule has 1 aliphatic rings. The van der Waals surface area contributed by atoms with E-state index in [0.717, 1.165) is 17.1 Å². The second-order valence-electron chi connectivity index (χ2n) is 10.7. The molecule has 3 aromatic carbocycles. The lowest BCUT2D eigenvalue weighted by Crippen LogP contribution is -2.48. The van der Waals surface area contributed by atoms with E-state index in [1.807, 2.05) is 73.3 Å². The first-order valence-corrected chi connectivity index (χ1v) is 14.2. The van der Waals surface area contributed by atoms with Crippen molar-refractivity contribution >= 4 is 17.5 Å². The van der Waals surface area contributed by atoms with Crippen LogP contribution in [-0.2, 0) is 6.54 Å². The standard InChI is InChI=1S/C34H36N4O4/c1-23(2)38-22-24(3)31(21-36-20-25-12-14-28(15-13-25)41-27-8-5-4-6-9-27)42-32-29(34(38)40)10-7-11-30(32)37-33(39)26-16-18-35-19-17-26/h4-19,23-24,31,36H,20-22H2,1-3H3,(H,37,39)/t24-,31+/m1/s1. The number of nitrogens with one attached hydrogen (secondary N) is 2. The maximum Gasteiger partial charge on any atom is 0.257 e. The fourth-order valence-electron chi connectivity index (χ4n) is 4.91. The fourth-order valence-corrected chi connectivity index (χ4v) is 4.91. The maximum absolute atomic E-state index is 13.6. The molecule has 8 nitrogen and oxygen atoms in total. The molecule has 2 heterocycles. The summed E-state index contributed by atoms with van der Waals surface area (Å²) in [6, 6.07) is 26.3. The molecule has 0 saturated carbocycles. The number of benzene rings is 3. The van der Waals surface area contributed by atoms with Crippen LogP contribution in [0, 0.1) is 5.92 Å². The lowest BCUT2D eigenvalue weighted by atomic mass is 9.99. The third-order valence-corrected chi connectivity index (χ3v) is 7.29. The first kappa shape index (κ1) is 28.8. The summed E-state index contributed by atoms with van der Waals surface area (Å²) in [5.74, 6) is 1.57. The molecule has 2 N–H and O–H groups in total. The second kappa shape index (κ2) is 13.3. The van der Waals surface area contributed by atoms with E-state index in [-0.39, 0.29) is 29.9 Å². The molecule has 0 saturated heterocycles. The Labute approximate surface area is 246 Å². The molecular weight excluding hydrogens is 528 g/mol. The van der Waals surface area contributed by atoms with Crippen LogP contribution >= 0.6 is 0 Å². The minimum Gasteiger partial charge on any atom is -0.486 e. The third kappa shape index (κ3) is 6.95. The topological polar surface area (TPSA) is 92.8 Å². The Balaban J connectivity index is 1.32. The predicted molar refractivity (Wildman–Crippen MR) is 163 cm³/mol. The van der Waals surface area contributed by atoms with Crippen LogP contribution in [0.25, 0.3) is 0 Å². The van der Waals surface area contributed by atoms with Gasteiger partial charge in [0.2, 0.25) is 0 Å². The number of pyridine rings is 1. The Morgan fingerprint density at radius 1 is 0.976 bits per heavy atom. The third-order valence-electron chi connectivity index (χ3n) is 7.29. The lowest BCUT2D eigenvalue weighted by molar-refractivity contribution is 0.0512. The van der Waals surface area contributed by atoms with Gasteiger partial charge in [0.15, 0.2) is 5.75 Å². The van der Waals surface area contributed by atoms with Crippen LogP contribution in [0.2, 0.25) is 0 Å². The molecular formula is C34H36N4O4. The minimum absolute atomic E-state index is 0.00574. The second-order valence-corrected chi connectivity index (χ2v) is 10.7. The van der Waals surface area contributed by atoms with E-state index in [9.17, 15) is 9.59 Å². The van der Waals surface area contributed by atoms with E-state index in [4.69, 9.17) is 9.47 Å². The first-order valence-electron chi connectivity index (χ1n) is 14.2.